The minimum Gasteiger partial charge on any atom is -0.374 e. The maximum Gasteiger partial charge on any atom is 0.158 e. The quantitative estimate of drug-likeness (QED) is 0.467. The van der Waals surface area contributed by atoms with Gasteiger partial charge in [0, 0.05) is 25.8 Å². The number of nitrogens with two attached hydrogens (primary N) is 1. The molecule has 0 bridgehead atoms. The Kier molecular flexibility index (Phi) is 6.63. The molecule has 0 fully saturated rings. The molecule has 1 heterocycles. The second-order valence-electron chi connectivity index (χ2n) is 4.88. The van der Waals surface area contributed by atoms with Crippen molar-refractivity contribution in [1.82, 2.24) is 9.97 Å². The predicted octanol–water partition coefficient (Wildman–Crippen LogP) is 1.53. The number of hydrogen-bond acceptors (Lipinski definition) is 7. The van der Waals surface area contributed by atoms with E-state index in [9.17, 15) is 0 Å². The molecular formula is C13H25N5O2. The van der Waals surface area contributed by atoms with Crippen LogP contribution in [-0.2, 0) is 16.1 Å². The minimum absolute atomic E-state index is 0.268. The van der Waals surface area contributed by atoms with Crippen molar-refractivity contribution in [2.45, 2.75) is 39.9 Å². The lowest BCUT2D eigenvalue weighted by atomic mass is 10.1. The average molecular weight is 283 g/mol. The van der Waals surface area contributed by atoms with Crippen LogP contribution in [0.5, 0.6) is 0 Å². The summed E-state index contributed by atoms with van der Waals surface area (Å²) in [5.41, 5.74) is 2.26. The Morgan fingerprint density at radius 1 is 1.20 bits per heavy atom. The molecule has 0 aliphatic heterocycles. The highest BCUT2D eigenvalue weighted by molar-refractivity contribution is 5.47. The lowest BCUT2D eigenvalue weighted by Crippen LogP contribution is -2.33. The van der Waals surface area contributed by atoms with Crippen LogP contribution in [0.3, 0.4) is 0 Å². The van der Waals surface area contributed by atoms with Crippen LogP contribution >= 0.6 is 0 Å². The van der Waals surface area contributed by atoms with E-state index in [0.29, 0.717) is 43.8 Å². The monoisotopic (exact) mass is 283 g/mol. The topological polar surface area (TPSA) is 94.3 Å². The van der Waals surface area contributed by atoms with Crippen molar-refractivity contribution in [2.75, 3.05) is 30.5 Å². The lowest BCUT2D eigenvalue weighted by molar-refractivity contribution is 0.000634. The number of hydrogen-bond donors (Lipinski definition) is 3. The summed E-state index contributed by atoms with van der Waals surface area (Å²) in [6.45, 7) is 10.2. The molecule has 0 atom stereocenters. The Bertz CT molecular complexity index is 412. The summed E-state index contributed by atoms with van der Waals surface area (Å²) in [6, 6.07) is 1.75. The smallest absolute Gasteiger partial charge is 0.158 e. The van der Waals surface area contributed by atoms with Crippen molar-refractivity contribution in [3.05, 3.63) is 11.9 Å². The van der Waals surface area contributed by atoms with Gasteiger partial charge in [-0.15, -0.1) is 0 Å². The first kappa shape index (κ1) is 16.6. The fourth-order valence-corrected chi connectivity index (χ4v) is 1.66. The number of nitrogens with zero attached hydrogens (tertiary/aromatic N) is 2. The molecule has 0 aromatic carbocycles. The minimum atomic E-state index is -0.268. The van der Waals surface area contributed by atoms with Crippen molar-refractivity contribution in [3.63, 3.8) is 0 Å². The number of hydrazine groups is 1. The van der Waals surface area contributed by atoms with E-state index in [1.807, 2.05) is 27.7 Å². The highest BCUT2D eigenvalue weighted by Gasteiger charge is 2.17. The Labute approximate surface area is 120 Å². The van der Waals surface area contributed by atoms with Crippen molar-refractivity contribution in [1.29, 1.82) is 0 Å². The van der Waals surface area contributed by atoms with E-state index in [2.05, 4.69) is 20.7 Å². The standard InChI is InChI=1S/C13H25N5O2/c1-5-19-8-12-16-10(7-11(17-12)18-14)15-9-13(3,4)20-6-2/h7H,5-6,8-9,14H2,1-4H3,(H2,15,16,17,18). The summed E-state index contributed by atoms with van der Waals surface area (Å²) in [5.74, 6) is 7.23. The van der Waals surface area contributed by atoms with Crippen LogP contribution in [0.1, 0.15) is 33.5 Å². The van der Waals surface area contributed by atoms with Gasteiger partial charge in [-0.2, -0.15) is 0 Å². The molecule has 0 unspecified atom stereocenters. The predicted molar refractivity (Wildman–Crippen MR) is 79.4 cm³/mol. The van der Waals surface area contributed by atoms with E-state index >= 15 is 0 Å². The first-order valence-corrected chi connectivity index (χ1v) is 6.81. The molecule has 0 radical (unpaired) electrons. The highest BCUT2D eigenvalue weighted by atomic mass is 16.5. The van der Waals surface area contributed by atoms with Gasteiger partial charge in [0.2, 0.25) is 0 Å². The van der Waals surface area contributed by atoms with Gasteiger partial charge < -0.3 is 20.2 Å². The Hall–Kier alpha value is -1.44. The van der Waals surface area contributed by atoms with E-state index in [-0.39, 0.29) is 5.60 Å². The summed E-state index contributed by atoms with van der Waals surface area (Å²) < 4.78 is 10.9. The number of nitrogen functional groups attached to an aromatic ring is 1. The molecule has 1 aromatic rings. The SMILES string of the molecule is CCOCc1nc(NN)cc(NCC(C)(C)OCC)n1. The van der Waals surface area contributed by atoms with E-state index in [0.717, 1.165) is 0 Å². The summed E-state index contributed by atoms with van der Waals surface area (Å²) in [4.78, 5) is 8.61. The van der Waals surface area contributed by atoms with Gasteiger partial charge in [-0.25, -0.2) is 15.8 Å². The largest absolute Gasteiger partial charge is 0.374 e. The average Bonchev–Trinajstić information content (AvgIpc) is 2.43. The maximum absolute atomic E-state index is 5.63. The van der Waals surface area contributed by atoms with Crippen LogP contribution in [0.25, 0.3) is 0 Å². The molecule has 7 nitrogen and oxygen atoms in total. The lowest BCUT2D eigenvalue weighted by Gasteiger charge is -2.25. The first-order chi connectivity index (χ1) is 9.50. The molecule has 20 heavy (non-hydrogen) atoms. The van der Waals surface area contributed by atoms with Gasteiger partial charge in [-0.1, -0.05) is 0 Å². The molecule has 0 amide bonds. The number of ether oxygens (including phenoxy) is 2. The third-order valence-corrected chi connectivity index (χ3v) is 2.59. The van der Waals surface area contributed by atoms with Crippen LogP contribution in [0.15, 0.2) is 6.07 Å². The number of rotatable bonds is 9. The fourth-order valence-electron chi connectivity index (χ4n) is 1.66. The Morgan fingerprint density at radius 2 is 1.90 bits per heavy atom. The van der Waals surface area contributed by atoms with Crippen LogP contribution in [0.2, 0.25) is 0 Å². The van der Waals surface area contributed by atoms with Gasteiger partial charge in [-0.05, 0) is 27.7 Å². The summed E-state index contributed by atoms with van der Waals surface area (Å²) in [6.07, 6.45) is 0. The zero-order chi connectivity index (χ0) is 15.0. The van der Waals surface area contributed by atoms with Gasteiger partial charge in [-0.3, -0.25) is 0 Å². The maximum atomic E-state index is 5.63. The normalized spacial score (nSPS) is 11.4. The molecule has 1 aromatic heterocycles. The van der Waals surface area contributed by atoms with E-state index in [4.69, 9.17) is 15.3 Å². The molecule has 0 aliphatic rings. The zero-order valence-electron chi connectivity index (χ0n) is 12.7. The molecular weight excluding hydrogens is 258 g/mol. The third kappa shape index (κ3) is 5.68. The van der Waals surface area contributed by atoms with Crippen LogP contribution in [-0.4, -0.2) is 35.3 Å². The zero-order valence-corrected chi connectivity index (χ0v) is 12.7. The van der Waals surface area contributed by atoms with Crippen LogP contribution in [0, 0.1) is 0 Å². The van der Waals surface area contributed by atoms with Gasteiger partial charge in [0.05, 0.1) is 5.60 Å². The first-order valence-electron chi connectivity index (χ1n) is 6.81. The van der Waals surface area contributed by atoms with Crippen molar-refractivity contribution in [3.8, 4) is 0 Å². The van der Waals surface area contributed by atoms with E-state index in [1.54, 1.807) is 6.07 Å². The Morgan fingerprint density at radius 3 is 2.50 bits per heavy atom. The summed E-state index contributed by atoms with van der Waals surface area (Å²) in [5, 5.41) is 3.23. The summed E-state index contributed by atoms with van der Waals surface area (Å²) in [7, 11) is 0. The van der Waals surface area contributed by atoms with Crippen LogP contribution < -0.4 is 16.6 Å². The molecule has 114 valence electrons. The summed E-state index contributed by atoms with van der Waals surface area (Å²) >= 11 is 0. The molecule has 4 N–H and O–H groups in total. The van der Waals surface area contributed by atoms with Crippen molar-refractivity contribution < 1.29 is 9.47 Å². The Balaban J connectivity index is 2.73. The molecule has 0 saturated heterocycles. The molecule has 1 rings (SSSR count). The van der Waals surface area contributed by atoms with Crippen molar-refractivity contribution >= 4 is 11.6 Å². The van der Waals surface area contributed by atoms with Crippen molar-refractivity contribution in [2.24, 2.45) is 5.84 Å². The molecule has 0 spiro atoms. The van der Waals surface area contributed by atoms with Gasteiger partial charge in [0.1, 0.15) is 18.2 Å². The fraction of sp³-hybridized carbons (Fsp3) is 0.692. The molecule has 0 aliphatic carbocycles. The van der Waals surface area contributed by atoms with Gasteiger partial charge >= 0.3 is 0 Å². The number of aromatic nitrogens is 2. The second kappa shape index (κ2) is 7.98. The van der Waals surface area contributed by atoms with E-state index in [1.165, 1.54) is 0 Å². The van der Waals surface area contributed by atoms with Crippen LogP contribution in [0.4, 0.5) is 11.6 Å². The van der Waals surface area contributed by atoms with Gasteiger partial charge in [0.25, 0.3) is 0 Å². The molecule has 0 saturated carbocycles. The molecule has 7 heteroatoms. The second-order valence-corrected chi connectivity index (χ2v) is 4.88. The highest BCUT2D eigenvalue weighted by Crippen LogP contribution is 2.14. The number of anilines is 2. The number of nitrogens with one attached hydrogen (secondary N) is 2. The third-order valence-electron chi connectivity index (χ3n) is 2.59. The van der Waals surface area contributed by atoms with E-state index < -0.39 is 0 Å². The van der Waals surface area contributed by atoms with Gasteiger partial charge in [0.15, 0.2) is 5.82 Å².